The van der Waals surface area contributed by atoms with Crippen LogP contribution in [0.3, 0.4) is 0 Å². The predicted molar refractivity (Wildman–Crippen MR) is 85.8 cm³/mol. The minimum atomic E-state index is -3.74. The van der Waals surface area contributed by atoms with E-state index in [4.69, 9.17) is 11.6 Å². The molecule has 6 heteroatoms. The largest absolute Gasteiger partial charge is 0.325 e. The zero-order chi connectivity index (χ0) is 15.7. The van der Waals surface area contributed by atoms with E-state index in [0.29, 0.717) is 17.1 Å². The number of sulfone groups is 1. The lowest BCUT2D eigenvalue weighted by atomic mass is 10.1. The number of para-hydroxylation sites is 1. The summed E-state index contributed by atoms with van der Waals surface area (Å²) in [6.45, 7) is 0. The van der Waals surface area contributed by atoms with Crippen molar-refractivity contribution in [3.63, 3.8) is 0 Å². The highest BCUT2D eigenvalue weighted by Crippen LogP contribution is 2.28. The van der Waals surface area contributed by atoms with Crippen LogP contribution in [0.25, 0.3) is 0 Å². The third-order valence-electron chi connectivity index (χ3n) is 3.76. The van der Waals surface area contributed by atoms with Gasteiger partial charge in [-0.25, -0.2) is 8.42 Å². The maximum absolute atomic E-state index is 12.7. The molecule has 1 amide bonds. The zero-order valence-electron chi connectivity index (χ0n) is 11.6. The van der Waals surface area contributed by atoms with Gasteiger partial charge in [0.1, 0.15) is 5.25 Å². The Morgan fingerprint density at radius 1 is 1.05 bits per heavy atom. The van der Waals surface area contributed by atoms with Gasteiger partial charge in [-0.3, -0.25) is 4.79 Å². The van der Waals surface area contributed by atoms with Crippen molar-refractivity contribution in [3.05, 3.63) is 59.1 Å². The summed E-state index contributed by atoms with van der Waals surface area (Å²) in [5.41, 5.74) is 1.63. The zero-order valence-corrected chi connectivity index (χ0v) is 13.2. The number of benzene rings is 2. The number of halogens is 1. The van der Waals surface area contributed by atoms with Gasteiger partial charge in [0.25, 0.3) is 0 Å². The Morgan fingerprint density at radius 2 is 1.73 bits per heavy atom. The van der Waals surface area contributed by atoms with E-state index in [1.165, 1.54) is 24.3 Å². The average molecular weight is 336 g/mol. The SMILES string of the molecule is O=C1Nc2ccccc2CC[C@@H]1S(=O)(=O)c1ccc(Cl)cc1. The number of nitrogens with one attached hydrogen (secondary N) is 1. The average Bonchev–Trinajstić information content (AvgIpc) is 2.66. The molecule has 0 saturated carbocycles. The second-order valence-corrected chi connectivity index (χ2v) is 7.74. The lowest BCUT2D eigenvalue weighted by Crippen LogP contribution is -2.34. The van der Waals surface area contributed by atoms with E-state index < -0.39 is 21.0 Å². The molecule has 1 heterocycles. The Balaban J connectivity index is 1.95. The van der Waals surface area contributed by atoms with Gasteiger partial charge >= 0.3 is 0 Å². The maximum Gasteiger partial charge on any atom is 0.243 e. The molecule has 1 aliphatic rings. The molecule has 0 spiro atoms. The molecule has 0 radical (unpaired) electrons. The molecule has 0 saturated heterocycles. The third kappa shape index (κ3) is 2.74. The van der Waals surface area contributed by atoms with Crippen molar-refractivity contribution >= 4 is 33.0 Å². The summed E-state index contributed by atoms with van der Waals surface area (Å²) in [4.78, 5) is 12.5. The first-order valence-corrected chi connectivity index (χ1v) is 8.79. The predicted octanol–water partition coefficient (Wildman–Crippen LogP) is 3.07. The smallest absolute Gasteiger partial charge is 0.243 e. The number of hydrogen-bond acceptors (Lipinski definition) is 3. The Hall–Kier alpha value is -1.85. The Morgan fingerprint density at radius 3 is 2.45 bits per heavy atom. The fourth-order valence-electron chi connectivity index (χ4n) is 2.58. The number of rotatable bonds is 2. The highest BCUT2D eigenvalue weighted by atomic mass is 35.5. The van der Waals surface area contributed by atoms with E-state index in [1.54, 1.807) is 6.07 Å². The summed E-state index contributed by atoms with van der Waals surface area (Å²) in [7, 11) is -3.74. The van der Waals surface area contributed by atoms with Gasteiger partial charge in [0.15, 0.2) is 9.84 Å². The van der Waals surface area contributed by atoms with Gasteiger partial charge in [0, 0.05) is 10.7 Å². The van der Waals surface area contributed by atoms with Crippen LogP contribution in [-0.2, 0) is 21.1 Å². The van der Waals surface area contributed by atoms with E-state index in [2.05, 4.69) is 5.32 Å². The number of amides is 1. The van der Waals surface area contributed by atoms with Crippen molar-refractivity contribution in [1.82, 2.24) is 0 Å². The van der Waals surface area contributed by atoms with Gasteiger partial charge in [-0.2, -0.15) is 0 Å². The molecule has 0 fully saturated rings. The van der Waals surface area contributed by atoms with Crippen molar-refractivity contribution in [2.75, 3.05) is 5.32 Å². The topological polar surface area (TPSA) is 63.2 Å². The lowest BCUT2D eigenvalue weighted by Gasteiger charge is -2.14. The lowest BCUT2D eigenvalue weighted by molar-refractivity contribution is -0.115. The van der Waals surface area contributed by atoms with Crippen LogP contribution in [0, 0.1) is 0 Å². The Kier molecular flexibility index (Phi) is 3.93. The second-order valence-electron chi connectivity index (χ2n) is 5.17. The second kappa shape index (κ2) is 5.74. The molecular formula is C16H14ClNO3S. The minimum Gasteiger partial charge on any atom is -0.325 e. The van der Waals surface area contributed by atoms with Crippen LogP contribution in [0.1, 0.15) is 12.0 Å². The molecule has 1 N–H and O–H groups in total. The molecule has 0 unspecified atom stereocenters. The van der Waals surface area contributed by atoms with Gasteiger partial charge in [0.05, 0.1) is 4.90 Å². The number of hydrogen-bond donors (Lipinski definition) is 1. The monoisotopic (exact) mass is 335 g/mol. The number of aryl methyl sites for hydroxylation is 1. The quantitative estimate of drug-likeness (QED) is 0.917. The fraction of sp³-hybridized carbons (Fsp3) is 0.188. The van der Waals surface area contributed by atoms with Crippen LogP contribution in [-0.4, -0.2) is 19.6 Å². The first kappa shape index (κ1) is 15.1. The molecule has 2 aromatic rings. The highest BCUT2D eigenvalue weighted by molar-refractivity contribution is 7.92. The van der Waals surface area contributed by atoms with Crippen LogP contribution < -0.4 is 5.32 Å². The van der Waals surface area contributed by atoms with E-state index in [1.807, 2.05) is 18.2 Å². The van der Waals surface area contributed by atoms with Crippen LogP contribution in [0.5, 0.6) is 0 Å². The highest BCUT2D eigenvalue weighted by Gasteiger charge is 2.35. The van der Waals surface area contributed by atoms with Gasteiger partial charge in [-0.15, -0.1) is 0 Å². The van der Waals surface area contributed by atoms with Gasteiger partial charge in [-0.05, 0) is 48.7 Å². The van der Waals surface area contributed by atoms with Crippen molar-refractivity contribution in [2.24, 2.45) is 0 Å². The first-order valence-electron chi connectivity index (χ1n) is 6.87. The molecule has 1 atom stereocenters. The van der Waals surface area contributed by atoms with Crippen molar-refractivity contribution in [1.29, 1.82) is 0 Å². The molecule has 2 aromatic carbocycles. The van der Waals surface area contributed by atoms with E-state index in [0.717, 1.165) is 5.56 Å². The molecule has 114 valence electrons. The number of carbonyl (C=O) groups is 1. The number of carbonyl (C=O) groups excluding carboxylic acids is 1. The maximum atomic E-state index is 12.7. The summed E-state index contributed by atoms with van der Waals surface area (Å²) < 4.78 is 25.4. The van der Waals surface area contributed by atoms with E-state index >= 15 is 0 Å². The third-order valence-corrected chi connectivity index (χ3v) is 6.14. The van der Waals surface area contributed by atoms with Crippen LogP contribution in [0.15, 0.2) is 53.4 Å². The summed E-state index contributed by atoms with van der Waals surface area (Å²) in [6, 6.07) is 13.3. The Bertz CT molecular complexity index is 816. The number of anilines is 1. The van der Waals surface area contributed by atoms with E-state index in [-0.39, 0.29) is 11.3 Å². The van der Waals surface area contributed by atoms with Gasteiger partial charge in [0.2, 0.25) is 5.91 Å². The van der Waals surface area contributed by atoms with Crippen molar-refractivity contribution in [3.8, 4) is 0 Å². The normalized spacial score (nSPS) is 18.2. The van der Waals surface area contributed by atoms with Gasteiger partial charge < -0.3 is 5.32 Å². The van der Waals surface area contributed by atoms with Crippen LogP contribution in [0.4, 0.5) is 5.69 Å². The van der Waals surface area contributed by atoms with E-state index in [9.17, 15) is 13.2 Å². The summed E-state index contributed by atoms with van der Waals surface area (Å²) in [5, 5.41) is 2.07. The number of fused-ring (bicyclic) bond motifs is 1. The molecule has 0 aliphatic carbocycles. The standard InChI is InChI=1S/C16H14ClNO3S/c17-12-6-8-13(9-7-12)22(20,21)15-10-5-11-3-1-2-4-14(11)18-16(15)19/h1-4,6-9,15H,5,10H2,(H,18,19)/t15-/m0/s1. The van der Waals surface area contributed by atoms with Crippen molar-refractivity contribution in [2.45, 2.75) is 23.0 Å². The summed E-state index contributed by atoms with van der Waals surface area (Å²) in [6.07, 6.45) is 0.792. The van der Waals surface area contributed by atoms with Crippen molar-refractivity contribution < 1.29 is 13.2 Å². The van der Waals surface area contributed by atoms with Crippen LogP contribution in [0.2, 0.25) is 5.02 Å². The van der Waals surface area contributed by atoms with Crippen LogP contribution >= 0.6 is 11.6 Å². The molecule has 0 aromatic heterocycles. The molecule has 0 bridgehead atoms. The molecule has 1 aliphatic heterocycles. The molecule has 3 rings (SSSR count). The molecule has 22 heavy (non-hydrogen) atoms. The first-order chi connectivity index (χ1) is 10.5. The van der Waals surface area contributed by atoms with Gasteiger partial charge in [-0.1, -0.05) is 29.8 Å². The minimum absolute atomic E-state index is 0.114. The Labute approximate surface area is 134 Å². The molecular weight excluding hydrogens is 322 g/mol. The molecule has 4 nitrogen and oxygen atoms in total. The fourth-order valence-corrected chi connectivity index (χ4v) is 4.31. The summed E-state index contributed by atoms with van der Waals surface area (Å²) >= 11 is 5.79. The summed E-state index contributed by atoms with van der Waals surface area (Å²) in [5.74, 6) is -0.486.